The van der Waals surface area contributed by atoms with Crippen LogP contribution < -0.4 is 5.69 Å². The molecule has 0 saturated heterocycles. The molecule has 1 aliphatic rings. The van der Waals surface area contributed by atoms with E-state index in [0.29, 0.717) is 0 Å². The average molecular weight is 255 g/mol. The fourth-order valence-electron chi connectivity index (χ4n) is 2.38. The Morgan fingerprint density at radius 1 is 1.41 bits per heavy atom. The van der Waals surface area contributed by atoms with Crippen LogP contribution in [0, 0.1) is 5.92 Å². The number of hydrogen-bond donors (Lipinski definition) is 1. The number of nitrogens with zero attached hydrogens (tertiary/aromatic N) is 2. The first kappa shape index (κ1) is 12.7. The standard InChI is InChI=1S/C12H21N3OS/c1-2-8-15-11(16)13-14-12(15)17-9-10-6-4-3-5-7-10/h10H,2-9H2,1H3,(H,13,16). The summed E-state index contributed by atoms with van der Waals surface area (Å²) in [4.78, 5) is 11.5. The van der Waals surface area contributed by atoms with Gasteiger partial charge >= 0.3 is 5.69 Å². The molecule has 0 unspecified atom stereocenters. The van der Waals surface area contributed by atoms with Crippen LogP contribution in [0.1, 0.15) is 45.4 Å². The van der Waals surface area contributed by atoms with Crippen molar-refractivity contribution < 1.29 is 0 Å². The van der Waals surface area contributed by atoms with E-state index in [-0.39, 0.29) is 5.69 Å². The average Bonchev–Trinajstić information content (AvgIpc) is 2.70. The van der Waals surface area contributed by atoms with Crippen molar-refractivity contribution in [3.8, 4) is 0 Å². The molecule has 0 atom stereocenters. The highest BCUT2D eigenvalue weighted by Crippen LogP contribution is 2.28. The Hall–Kier alpha value is -0.710. The van der Waals surface area contributed by atoms with Crippen LogP contribution in [0.4, 0.5) is 0 Å². The molecule has 1 saturated carbocycles. The maximum atomic E-state index is 11.5. The monoisotopic (exact) mass is 255 g/mol. The molecular weight excluding hydrogens is 234 g/mol. The Kier molecular flexibility index (Phi) is 4.71. The van der Waals surface area contributed by atoms with Crippen LogP contribution in [-0.2, 0) is 6.54 Å². The molecule has 1 aromatic heterocycles. The molecule has 0 bridgehead atoms. The molecule has 17 heavy (non-hydrogen) atoms. The Bertz CT molecular complexity index is 393. The molecular formula is C12H21N3OS. The Morgan fingerprint density at radius 3 is 2.88 bits per heavy atom. The number of hydrogen-bond acceptors (Lipinski definition) is 3. The second-order valence-electron chi connectivity index (χ2n) is 4.78. The third-order valence-electron chi connectivity index (χ3n) is 3.34. The van der Waals surface area contributed by atoms with Gasteiger partial charge in [0.05, 0.1) is 0 Å². The van der Waals surface area contributed by atoms with E-state index in [1.807, 2.05) is 0 Å². The van der Waals surface area contributed by atoms with Crippen molar-refractivity contribution >= 4 is 11.8 Å². The van der Waals surface area contributed by atoms with Gasteiger partial charge in [-0.25, -0.2) is 9.89 Å². The lowest BCUT2D eigenvalue weighted by Crippen LogP contribution is -2.17. The molecule has 0 spiro atoms. The lowest BCUT2D eigenvalue weighted by molar-refractivity contribution is 0.390. The van der Waals surface area contributed by atoms with Gasteiger partial charge in [-0.3, -0.25) is 4.57 Å². The molecule has 96 valence electrons. The minimum Gasteiger partial charge on any atom is -0.270 e. The molecule has 1 heterocycles. The van der Waals surface area contributed by atoms with Crippen LogP contribution in [0.2, 0.25) is 0 Å². The summed E-state index contributed by atoms with van der Waals surface area (Å²) >= 11 is 1.73. The molecule has 2 rings (SSSR count). The smallest absolute Gasteiger partial charge is 0.270 e. The van der Waals surface area contributed by atoms with E-state index in [1.54, 1.807) is 16.3 Å². The van der Waals surface area contributed by atoms with Gasteiger partial charge in [0.15, 0.2) is 5.16 Å². The zero-order chi connectivity index (χ0) is 12.1. The lowest BCUT2D eigenvalue weighted by atomic mass is 9.91. The minimum absolute atomic E-state index is 0.0713. The zero-order valence-corrected chi connectivity index (χ0v) is 11.3. The summed E-state index contributed by atoms with van der Waals surface area (Å²) in [6, 6.07) is 0. The van der Waals surface area contributed by atoms with Crippen molar-refractivity contribution in [2.75, 3.05) is 5.75 Å². The van der Waals surface area contributed by atoms with E-state index in [1.165, 1.54) is 32.1 Å². The SMILES string of the molecule is CCCn1c(SCC2CCCCC2)n[nH]c1=O. The van der Waals surface area contributed by atoms with Gasteiger partial charge in [0.1, 0.15) is 0 Å². The molecule has 1 fully saturated rings. The summed E-state index contributed by atoms with van der Waals surface area (Å²) < 4.78 is 1.76. The minimum atomic E-state index is -0.0713. The van der Waals surface area contributed by atoms with Gasteiger partial charge in [-0.05, 0) is 25.2 Å². The third-order valence-corrected chi connectivity index (χ3v) is 4.55. The summed E-state index contributed by atoms with van der Waals surface area (Å²) in [7, 11) is 0. The maximum Gasteiger partial charge on any atom is 0.343 e. The van der Waals surface area contributed by atoms with Gasteiger partial charge in [0, 0.05) is 12.3 Å². The van der Waals surface area contributed by atoms with Gasteiger partial charge in [0.25, 0.3) is 0 Å². The Morgan fingerprint density at radius 2 is 2.18 bits per heavy atom. The first-order chi connectivity index (χ1) is 8.31. The van der Waals surface area contributed by atoms with Crippen molar-refractivity contribution in [3.05, 3.63) is 10.5 Å². The molecule has 1 aliphatic carbocycles. The Labute approximate surface area is 106 Å². The number of H-pyrrole nitrogens is 1. The predicted molar refractivity (Wildman–Crippen MR) is 70.4 cm³/mol. The van der Waals surface area contributed by atoms with Crippen LogP contribution in [0.3, 0.4) is 0 Å². The van der Waals surface area contributed by atoms with Gasteiger partial charge in [0.2, 0.25) is 0 Å². The molecule has 5 heteroatoms. The molecule has 4 nitrogen and oxygen atoms in total. The second-order valence-corrected chi connectivity index (χ2v) is 5.77. The molecule has 0 radical (unpaired) electrons. The van der Waals surface area contributed by atoms with Crippen molar-refractivity contribution in [1.29, 1.82) is 0 Å². The summed E-state index contributed by atoms with van der Waals surface area (Å²) in [5, 5.41) is 7.52. The maximum absolute atomic E-state index is 11.5. The highest BCUT2D eigenvalue weighted by Gasteiger charge is 2.15. The van der Waals surface area contributed by atoms with E-state index >= 15 is 0 Å². The molecule has 0 aliphatic heterocycles. The first-order valence-corrected chi connectivity index (χ1v) is 7.58. The summed E-state index contributed by atoms with van der Waals surface area (Å²) in [6.45, 7) is 2.84. The van der Waals surface area contributed by atoms with E-state index in [4.69, 9.17) is 0 Å². The normalized spacial score (nSPS) is 17.5. The van der Waals surface area contributed by atoms with Crippen molar-refractivity contribution in [3.63, 3.8) is 0 Å². The fraction of sp³-hybridized carbons (Fsp3) is 0.833. The Balaban J connectivity index is 1.91. The van der Waals surface area contributed by atoms with Crippen LogP contribution >= 0.6 is 11.8 Å². The van der Waals surface area contributed by atoms with Gasteiger partial charge < -0.3 is 0 Å². The second kappa shape index (κ2) is 6.28. The van der Waals surface area contributed by atoms with Gasteiger partial charge in [-0.2, -0.15) is 0 Å². The fourth-order valence-corrected chi connectivity index (χ4v) is 3.54. The van der Waals surface area contributed by atoms with Crippen molar-refractivity contribution in [2.24, 2.45) is 5.92 Å². The predicted octanol–water partition coefficient (Wildman–Crippen LogP) is 2.65. The number of nitrogens with one attached hydrogen (secondary N) is 1. The number of aromatic nitrogens is 3. The van der Waals surface area contributed by atoms with Crippen LogP contribution in [0.15, 0.2) is 9.95 Å². The van der Waals surface area contributed by atoms with Gasteiger partial charge in [-0.1, -0.05) is 37.9 Å². The quantitative estimate of drug-likeness (QED) is 0.823. The summed E-state index contributed by atoms with van der Waals surface area (Å²) in [5.41, 5.74) is -0.0713. The van der Waals surface area contributed by atoms with E-state index in [9.17, 15) is 4.79 Å². The largest absolute Gasteiger partial charge is 0.343 e. The zero-order valence-electron chi connectivity index (χ0n) is 10.4. The molecule has 0 aromatic carbocycles. The summed E-state index contributed by atoms with van der Waals surface area (Å²) in [5.74, 6) is 1.92. The van der Waals surface area contributed by atoms with Crippen molar-refractivity contribution in [1.82, 2.24) is 14.8 Å². The molecule has 0 amide bonds. The number of rotatable bonds is 5. The highest BCUT2D eigenvalue weighted by atomic mass is 32.2. The topological polar surface area (TPSA) is 50.7 Å². The third kappa shape index (κ3) is 3.37. The lowest BCUT2D eigenvalue weighted by Gasteiger charge is -2.20. The van der Waals surface area contributed by atoms with Crippen molar-refractivity contribution in [2.45, 2.75) is 57.1 Å². The summed E-state index contributed by atoms with van der Waals surface area (Å²) in [6.07, 6.45) is 7.78. The van der Waals surface area contributed by atoms with Crippen LogP contribution in [-0.4, -0.2) is 20.5 Å². The molecule has 1 aromatic rings. The van der Waals surface area contributed by atoms with Crippen LogP contribution in [0.25, 0.3) is 0 Å². The molecule has 1 N–H and O–H groups in total. The highest BCUT2D eigenvalue weighted by molar-refractivity contribution is 7.99. The van der Waals surface area contributed by atoms with Gasteiger partial charge in [-0.15, -0.1) is 5.10 Å². The van der Waals surface area contributed by atoms with E-state index in [2.05, 4.69) is 17.1 Å². The van der Waals surface area contributed by atoms with Crippen LogP contribution in [0.5, 0.6) is 0 Å². The van der Waals surface area contributed by atoms with E-state index < -0.39 is 0 Å². The van der Waals surface area contributed by atoms with E-state index in [0.717, 1.165) is 29.8 Å². The first-order valence-electron chi connectivity index (χ1n) is 6.59. The number of thioether (sulfide) groups is 1. The number of aromatic amines is 1.